The molecule has 2 saturated heterocycles. The minimum absolute atomic E-state index is 0.0146. The van der Waals surface area contributed by atoms with Gasteiger partial charge in [-0.25, -0.2) is 4.98 Å². The van der Waals surface area contributed by atoms with Crippen molar-refractivity contribution in [2.75, 3.05) is 46.4 Å². The average molecular weight is 606 g/mol. The lowest BCUT2D eigenvalue weighted by molar-refractivity contribution is -0.137. The average Bonchev–Trinajstić information content (AvgIpc) is 3.37. The molecule has 2 aromatic heterocycles. The SMILES string of the molecule is COc1ccc(CN2CCC(c3ccc4cc(C(=O)N5CCN(Cc6ccc(C(F)(F)F)cc6)CC5)n(C)c4c3)CC2)cn1. The molecule has 232 valence electrons. The van der Waals surface area contributed by atoms with Gasteiger partial charge < -0.3 is 14.2 Å². The summed E-state index contributed by atoms with van der Waals surface area (Å²) >= 11 is 0. The van der Waals surface area contributed by atoms with E-state index in [2.05, 4.69) is 39.0 Å². The molecule has 0 spiro atoms. The van der Waals surface area contributed by atoms with Gasteiger partial charge in [0.05, 0.1) is 12.7 Å². The van der Waals surface area contributed by atoms with E-state index in [0.29, 0.717) is 50.2 Å². The fourth-order valence-corrected chi connectivity index (χ4v) is 6.44. The Hall–Kier alpha value is -3.89. The summed E-state index contributed by atoms with van der Waals surface area (Å²) in [6.45, 7) is 6.01. The molecule has 1 amide bonds. The largest absolute Gasteiger partial charge is 0.481 e. The lowest BCUT2D eigenvalue weighted by Crippen LogP contribution is -2.48. The Balaban J connectivity index is 1.04. The Morgan fingerprint density at radius 1 is 0.864 bits per heavy atom. The molecule has 44 heavy (non-hydrogen) atoms. The maximum Gasteiger partial charge on any atom is 0.416 e. The molecule has 0 bridgehead atoms. The summed E-state index contributed by atoms with van der Waals surface area (Å²) in [4.78, 5) is 24.4. The van der Waals surface area contributed by atoms with Gasteiger partial charge in [0, 0.05) is 69.5 Å². The Morgan fingerprint density at radius 3 is 2.16 bits per heavy atom. The summed E-state index contributed by atoms with van der Waals surface area (Å²) in [5, 5.41) is 1.06. The number of pyridine rings is 1. The third kappa shape index (κ3) is 6.61. The monoisotopic (exact) mass is 605 g/mol. The van der Waals surface area contributed by atoms with E-state index >= 15 is 0 Å². The molecule has 2 aliphatic heterocycles. The number of likely N-dealkylation sites (tertiary alicyclic amines) is 1. The second-order valence-electron chi connectivity index (χ2n) is 11.9. The first-order chi connectivity index (χ1) is 21.2. The quantitative estimate of drug-likeness (QED) is 0.261. The summed E-state index contributed by atoms with van der Waals surface area (Å²) in [7, 11) is 3.59. The number of nitrogens with zero attached hydrogens (tertiary/aromatic N) is 5. The van der Waals surface area contributed by atoms with Crippen molar-refractivity contribution in [3.8, 4) is 5.88 Å². The van der Waals surface area contributed by atoms with Gasteiger partial charge >= 0.3 is 6.18 Å². The van der Waals surface area contributed by atoms with Crippen LogP contribution in [0.5, 0.6) is 5.88 Å². The standard InChI is InChI=1S/C34H38F3N5O2/c1-39-30-19-27(26-11-13-40(14-12-26)23-25-5-10-32(44-2)38-21-25)6-7-28(30)20-31(39)33(43)42-17-15-41(16-18-42)22-24-3-8-29(9-4-24)34(35,36)37/h3-10,19-21,26H,11-18,22-23H2,1-2H3. The van der Waals surface area contributed by atoms with Gasteiger partial charge in [-0.15, -0.1) is 0 Å². The number of carbonyl (C=O) groups is 1. The van der Waals surface area contributed by atoms with E-state index in [0.717, 1.165) is 61.1 Å². The number of carbonyl (C=O) groups excluding carboxylic acids is 1. The van der Waals surface area contributed by atoms with Gasteiger partial charge in [-0.3, -0.25) is 14.6 Å². The van der Waals surface area contributed by atoms with E-state index in [1.54, 1.807) is 7.11 Å². The number of alkyl halides is 3. The number of halogens is 3. The zero-order valence-electron chi connectivity index (χ0n) is 25.2. The van der Waals surface area contributed by atoms with Crippen LogP contribution in [0.2, 0.25) is 0 Å². The number of fused-ring (bicyclic) bond motifs is 1. The van der Waals surface area contributed by atoms with E-state index in [9.17, 15) is 18.0 Å². The van der Waals surface area contributed by atoms with Gasteiger partial charge in [-0.05, 0) is 72.8 Å². The highest BCUT2D eigenvalue weighted by atomic mass is 19.4. The molecule has 6 rings (SSSR count). The summed E-state index contributed by atoms with van der Waals surface area (Å²) in [6.07, 6.45) is -0.275. The van der Waals surface area contributed by atoms with Crippen molar-refractivity contribution in [3.63, 3.8) is 0 Å². The summed E-state index contributed by atoms with van der Waals surface area (Å²) in [6, 6.07) is 17.9. The highest BCUT2D eigenvalue weighted by Crippen LogP contribution is 2.32. The lowest BCUT2D eigenvalue weighted by Gasteiger charge is -2.34. The minimum Gasteiger partial charge on any atom is -0.481 e. The maximum atomic E-state index is 13.6. The number of hydrogen-bond donors (Lipinski definition) is 0. The molecule has 2 aromatic carbocycles. The van der Waals surface area contributed by atoms with Crippen LogP contribution in [0.15, 0.2) is 66.9 Å². The Labute approximate surface area is 255 Å². The Morgan fingerprint density at radius 2 is 1.52 bits per heavy atom. The second-order valence-corrected chi connectivity index (χ2v) is 11.9. The predicted molar refractivity (Wildman–Crippen MR) is 164 cm³/mol. The van der Waals surface area contributed by atoms with Crippen LogP contribution in [0.4, 0.5) is 13.2 Å². The van der Waals surface area contributed by atoms with Crippen molar-refractivity contribution >= 4 is 16.8 Å². The number of amides is 1. The van der Waals surface area contributed by atoms with E-state index in [1.807, 2.05) is 34.8 Å². The highest BCUT2D eigenvalue weighted by Gasteiger charge is 2.30. The minimum atomic E-state index is -4.33. The van der Waals surface area contributed by atoms with Crippen molar-refractivity contribution in [2.24, 2.45) is 7.05 Å². The van der Waals surface area contributed by atoms with Crippen LogP contribution in [-0.4, -0.2) is 76.5 Å². The van der Waals surface area contributed by atoms with E-state index < -0.39 is 11.7 Å². The zero-order chi connectivity index (χ0) is 30.8. The number of rotatable bonds is 7. The van der Waals surface area contributed by atoms with Gasteiger partial charge in [-0.1, -0.05) is 30.3 Å². The van der Waals surface area contributed by atoms with Crippen molar-refractivity contribution < 1.29 is 22.7 Å². The van der Waals surface area contributed by atoms with Gasteiger partial charge in [0.2, 0.25) is 5.88 Å². The summed E-state index contributed by atoms with van der Waals surface area (Å²) in [5.74, 6) is 1.13. The van der Waals surface area contributed by atoms with Crippen LogP contribution in [0.3, 0.4) is 0 Å². The fraction of sp³-hybridized carbons (Fsp3) is 0.412. The molecule has 2 aliphatic rings. The fourth-order valence-electron chi connectivity index (χ4n) is 6.44. The van der Waals surface area contributed by atoms with Crippen LogP contribution >= 0.6 is 0 Å². The first kappa shape index (κ1) is 30.1. The number of piperazine rings is 1. The molecule has 2 fully saturated rings. The molecule has 0 radical (unpaired) electrons. The van der Waals surface area contributed by atoms with Crippen molar-refractivity contribution in [3.05, 3.63) is 94.8 Å². The second kappa shape index (κ2) is 12.6. The number of aryl methyl sites for hydroxylation is 1. The van der Waals surface area contributed by atoms with Gasteiger partial charge in [0.15, 0.2) is 0 Å². The smallest absolute Gasteiger partial charge is 0.416 e. The van der Waals surface area contributed by atoms with Crippen molar-refractivity contribution in [1.82, 2.24) is 24.3 Å². The molecule has 0 unspecified atom stereocenters. The lowest BCUT2D eigenvalue weighted by atomic mass is 9.89. The van der Waals surface area contributed by atoms with Gasteiger partial charge in [0.1, 0.15) is 5.69 Å². The summed E-state index contributed by atoms with van der Waals surface area (Å²) < 4.78 is 45.8. The third-order valence-corrected chi connectivity index (χ3v) is 9.11. The Kier molecular flexibility index (Phi) is 8.64. The van der Waals surface area contributed by atoms with Crippen LogP contribution in [0.25, 0.3) is 10.9 Å². The van der Waals surface area contributed by atoms with E-state index in [1.165, 1.54) is 23.3 Å². The van der Waals surface area contributed by atoms with Crippen LogP contribution in [0, 0.1) is 0 Å². The molecule has 0 aliphatic carbocycles. The first-order valence-corrected chi connectivity index (χ1v) is 15.2. The van der Waals surface area contributed by atoms with Crippen LogP contribution < -0.4 is 4.74 Å². The topological polar surface area (TPSA) is 53.8 Å². The highest BCUT2D eigenvalue weighted by molar-refractivity contribution is 5.99. The number of piperidine rings is 1. The molecular weight excluding hydrogens is 567 g/mol. The molecule has 0 N–H and O–H groups in total. The molecule has 0 atom stereocenters. The molecule has 7 nitrogen and oxygen atoms in total. The number of benzene rings is 2. The molecular formula is C34H38F3N5O2. The molecule has 10 heteroatoms. The maximum absolute atomic E-state index is 13.6. The van der Waals surface area contributed by atoms with E-state index in [-0.39, 0.29) is 5.91 Å². The van der Waals surface area contributed by atoms with Crippen LogP contribution in [-0.2, 0) is 26.3 Å². The van der Waals surface area contributed by atoms with Crippen molar-refractivity contribution in [1.29, 1.82) is 0 Å². The number of methoxy groups -OCH3 is 1. The normalized spacial score (nSPS) is 17.3. The van der Waals surface area contributed by atoms with E-state index in [4.69, 9.17) is 4.74 Å². The third-order valence-electron chi connectivity index (χ3n) is 9.11. The van der Waals surface area contributed by atoms with Gasteiger partial charge in [-0.2, -0.15) is 13.2 Å². The Bertz CT molecular complexity index is 1580. The molecule has 4 aromatic rings. The predicted octanol–water partition coefficient (Wildman–Crippen LogP) is 5.94. The number of hydrogen-bond acceptors (Lipinski definition) is 5. The molecule has 0 saturated carbocycles. The van der Waals surface area contributed by atoms with Crippen LogP contribution in [0.1, 0.15) is 51.5 Å². The van der Waals surface area contributed by atoms with Gasteiger partial charge in [0.25, 0.3) is 5.91 Å². The number of aromatic nitrogens is 2. The molecule has 4 heterocycles. The number of ether oxygens (including phenoxy) is 1. The van der Waals surface area contributed by atoms with Crippen molar-refractivity contribution in [2.45, 2.75) is 38.0 Å². The zero-order valence-corrected chi connectivity index (χ0v) is 25.2. The summed E-state index contributed by atoms with van der Waals surface area (Å²) in [5.41, 5.74) is 4.45. The first-order valence-electron chi connectivity index (χ1n) is 15.2.